The van der Waals surface area contributed by atoms with Gasteiger partial charge in [0.2, 0.25) is 5.91 Å². The third kappa shape index (κ3) is 9.23. The van der Waals surface area contributed by atoms with E-state index in [2.05, 4.69) is 10.6 Å². The quantitative estimate of drug-likeness (QED) is 0.244. The first kappa shape index (κ1) is 35.7. The number of ether oxygens (including phenoxy) is 2. The fourth-order valence-corrected chi connectivity index (χ4v) is 5.10. The SMILES string of the molecule is CC[C@H](NC(=O)OC(C)(C)C)C(=O)NC1CN(C(=O)OC(C)(C)C)C(CCCCB2OC(C)(C)C(C)(C)O2)(C(=O)O)C1. The zero-order valence-corrected chi connectivity index (χ0v) is 27.3. The average molecular weight is 598 g/mol. The van der Waals surface area contributed by atoms with Crippen molar-refractivity contribution in [3.8, 4) is 0 Å². The molecule has 2 saturated heterocycles. The number of hydrogen-bond acceptors (Lipinski definition) is 8. The standard InChI is InChI=1S/C29H52BN3O9/c1-12-20(32-23(37)39-25(2,3)4)21(34)31-19-17-29(22(35)36,33(18-19)24(38)40-26(5,6)7)15-13-14-16-30-41-27(8,9)28(10,11)42-30/h19-20H,12-18H2,1-11H3,(H,31,34)(H,32,37)(H,35,36)/t19?,20-,29?/m0/s1. The monoisotopic (exact) mass is 597 g/mol. The van der Waals surface area contributed by atoms with Crippen molar-refractivity contribution in [3.05, 3.63) is 0 Å². The van der Waals surface area contributed by atoms with Crippen LogP contribution in [0.2, 0.25) is 6.32 Å². The van der Waals surface area contributed by atoms with E-state index in [1.807, 2.05) is 27.7 Å². The third-order valence-corrected chi connectivity index (χ3v) is 7.86. The Kier molecular flexibility index (Phi) is 11.0. The summed E-state index contributed by atoms with van der Waals surface area (Å²) in [6.45, 7) is 19.9. The van der Waals surface area contributed by atoms with Crippen LogP contribution in [0, 0.1) is 0 Å². The van der Waals surface area contributed by atoms with Gasteiger partial charge in [-0.3, -0.25) is 9.69 Å². The van der Waals surface area contributed by atoms with Crippen molar-refractivity contribution in [3.63, 3.8) is 0 Å². The van der Waals surface area contributed by atoms with Crippen molar-refractivity contribution in [1.29, 1.82) is 0 Å². The predicted molar refractivity (Wildman–Crippen MR) is 158 cm³/mol. The van der Waals surface area contributed by atoms with Crippen LogP contribution in [-0.2, 0) is 28.4 Å². The van der Waals surface area contributed by atoms with Gasteiger partial charge in [-0.05, 0) is 88.4 Å². The number of carboxylic acids is 1. The fourth-order valence-electron chi connectivity index (χ4n) is 5.10. The Morgan fingerprint density at radius 3 is 2.00 bits per heavy atom. The number of nitrogens with zero attached hydrogens (tertiary/aromatic N) is 1. The minimum absolute atomic E-state index is 0.00726. The smallest absolute Gasteiger partial charge is 0.457 e. The van der Waals surface area contributed by atoms with E-state index in [4.69, 9.17) is 18.8 Å². The summed E-state index contributed by atoms with van der Waals surface area (Å²) in [6.07, 6.45) is 0.615. The number of amides is 3. The van der Waals surface area contributed by atoms with Crippen LogP contribution in [-0.4, -0.2) is 87.8 Å². The van der Waals surface area contributed by atoms with Crippen LogP contribution in [0.5, 0.6) is 0 Å². The summed E-state index contributed by atoms with van der Waals surface area (Å²) in [4.78, 5) is 52.8. The Bertz CT molecular complexity index is 989. The molecule has 42 heavy (non-hydrogen) atoms. The highest BCUT2D eigenvalue weighted by Gasteiger charge is 2.55. The molecule has 0 aliphatic carbocycles. The molecule has 2 unspecified atom stereocenters. The van der Waals surface area contributed by atoms with Crippen molar-refractivity contribution in [2.45, 2.75) is 155 Å². The zero-order valence-electron chi connectivity index (χ0n) is 27.3. The molecule has 0 spiro atoms. The summed E-state index contributed by atoms with van der Waals surface area (Å²) in [7, 11) is -0.406. The molecule has 0 radical (unpaired) electrons. The molecule has 3 N–H and O–H groups in total. The zero-order chi connectivity index (χ0) is 32.3. The predicted octanol–water partition coefficient (Wildman–Crippen LogP) is 4.50. The number of alkyl carbamates (subject to hydrolysis) is 1. The highest BCUT2D eigenvalue weighted by Crippen LogP contribution is 2.39. The lowest BCUT2D eigenvalue weighted by Gasteiger charge is -2.35. The van der Waals surface area contributed by atoms with Gasteiger partial charge >= 0.3 is 25.3 Å². The van der Waals surface area contributed by atoms with E-state index in [0.29, 0.717) is 19.2 Å². The molecular weight excluding hydrogens is 545 g/mol. The third-order valence-electron chi connectivity index (χ3n) is 7.86. The molecule has 12 nitrogen and oxygen atoms in total. The summed E-state index contributed by atoms with van der Waals surface area (Å²) < 4.78 is 23.0. The van der Waals surface area contributed by atoms with Crippen LogP contribution < -0.4 is 10.6 Å². The Labute approximate surface area is 251 Å². The van der Waals surface area contributed by atoms with Crippen LogP contribution in [0.1, 0.15) is 108 Å². The number of unbranched alkanes of at least 4 members (excludes halogenated alkanes) is 1. The molecule has 3 atom stereocenters. The molecule has 0 aromatic rings. The van der Waals surface area contributed by atoms with E-state index in [9.17, 15) is 24.3 Å². The molecule has 2 aliphatic rings. The van der Waals surface area contributed by atoms with Gasteiger partial charge in [0.05, 0.1) is 11.2 Å². The van der Waals surface area contributed by atoms with E-state index in [1.165, 1.54) is 4.90 Å². The highest BCUT2D eigenvalue weighted by molar-refractivity contribution is 6.45. The second-order valence-corrected chi connectivity index (χ2v) is 14.4. The van der Waals surface area contributed by atoms with Crippen molar-refractivity contribution >= 4 is 31.2 Å². The van der Waals surface area contributed by atoms with Gasteiger partial charge in [0.25, 0.3) is 0 Å². The van der Waals surface area contributed by atoms with Gasteiger partial charge in [-0.1, -0.05) is 19.8 Å². The lowest BCUT2D eigenvalue weighted by molar-refractivity contribution is -0.150. The van der Waals surface area contributed by atoms with Crippen molar-refractivity contribution in [1.82, 2.24) is 15.5 Å². The van der Waals surface area contributed by atoms with Crippen LogP contribution >= 0.6 is 0 Å². The topological polar surface area (TPSA) is 153 Å². The van der Waals surface area contributed by atoms with Crippen molar-refractivity contribution < 1.29 is 43.1 Å². The maximum Gasteiger partial charge on any atom is 0.457 e. The summed E-state index contributed by atoms with van der Waals surface area (Å²) in [6, 6.07) is -1.56. The number of carbonyl (C=O) groups is 4. The average Bonchev–Trinajstić information content (AvgIpc) is 3.26. The van der Waals surface area contributed by atoms with Gasteiger partial charge in [-0.25, -0.2) is 14.4 Å². The molecule has 240 valence electrons. The highest BCUT2D eigenvalue weighted by atomic mass is 16.7. The molecule has 2 rings (SSSR count). The summed E-state index contributed by atoms with van der Waals surface area (Å²) in [5, 5.41) is 15.9. The van der Waals surface area contributed by atoms with E-state index in [1.54, 1.807) is 48.5 Å². The number of carbonyl (C=O) groups excluding carboxylic acids is 3. The molecule has 2 aliphatic heterocycles. The van der Waals surface area contributed by atoms with E-state index < -0.39 is 71.2 Å². The van der Waals surface area contributed by atoms with Gasteiger partial charge in [0, 0.05) is 19.0 Å². The van der Waals surface area contributed by atoms with Gasteiger partial charge in [-0.15, -0.1) is 0 Å². The second kappa shape index (κ2) is 13.0. The molecule has 2 fully saturated rings. The molecule has 0 aromatic heterocycles. The minimum atomic E-state index is -1.59. The summed E-state index contributed by atoms with van der Waals surface area (Å²) in [5.74, 6) is -1.65. The molecular formula is C29H52BN3O9. The molecule has 0 bridgehead atoms. The van der Waals surface area contributed by atoms with Crippen LogP contribution in [0.25, 0.3) is 0 Å². The Morgan fingerprint density at radius 1 is 0.976 bits per heavy atom. The first-order valence-electron chi connectivity index (χ1n) is 14.9. The lowest BCUT2D eigenvalue weighted by atomic mass is 9.80. The molecule has 2 heterocycles. The lowest BCUT2D eigenvalue weighted by Crippen LogP contribution is -2.54. The first-order chi connectivity index (χ1) is 19.0. The molecule has 3 amide bonds. The Hall–Kier alpha value is -2.54. The summed E-state index contributed by atoms with van der Waals surface area (Å²) in [5.41, 5.74) is -4.08. The number of aliphatic carboxylic acids is 1. The Balaban J connectivity index is 2.16. The van der Waals surface area contributed by atoms with Gasteiger partial charge in [0.1, 0.15) is 22.8 Å². The van der Waals surface area contributed by atoms with E-state index in [-0.39, 0.29) is 25.8 Å². The second-order valence-electron chi connectivity index (χ2n) is 14.4. The van der Waals surface area contributed by atoms with Crippen molar-refractivity contribution in [2.24, 2.45) is 0 Å². The number of likely N-dealkylation sites (tertiary alicyclic amines) is 1. The molecule has 0 saturated carbocycles. The van der Waals surface area contributed by atoms with Crippen LogP contribution in [0.15, 0.2) is 0 Å². The van der Waals surface area contributed by atoms with Gasteiger partial charge in [-0.2, -0.15) is 0 Å². The number of carboxylic acid groups (broad SMARTS) is 1. The normalized spacial score (nSPS) is 24.2. The summed E-state index contributed by atoms with van der Waals surface area (Å²) >= 11 is 0. The van der Waals surface area contributed by atoms with Crippen molar-refractivity contribution in [2.75, 3.05) is 6.54 Å². The molecule has 0 aromatic carbocycles. The van der Waals surface area contributed by atoms with Crippen LogP contribution in [0.4, 0.5) is 9.59 Å². The van der Waals surface area contributed by atoms with Crippen LogP contribution in [0.3, 0.4) is 0 Å². The first-order valence-corrected chi connectivity index (χ1v) is 14.9. The maximum absolute atomic E-state index is 13.3. The number of hydrogen-bond donors (Lipinski definition) is 3. The Morgan fingerprint density at radius 2 is 1.52 bits per heavy atom. The van der Waals surface area contributed by atoms with Gasteiger partial charge < -0.3 is 34.5 Å². The number of nitrogens with one attached hydrogen (secondary N) is 2. The molecule has 13 heteroatoms. The fraction of sp³-hybridized carbons (Fsp3) is 0.862. The van der Waals surface area contributed by atoms with Gasteiger partial charge in [0.15, 0.2) is 0 Å². The van der Waals surface area contributed by atoms with E-state index >= 15 is 0 Å². The van der Waals surface area contributed by atoms with E-state index in [0.717, 1.165) is 0 Å². The minimum Gasteiger partial charge on any atom is -0.479 e. The largest absolute Gasteiger partial charge is 0.479 e. The maximum atomic E-state index is 13.3. The number of rotatable bonds is 10.